The first-order valence-electron chi connectivity index (χ1n) is 12.8. The normalized spacial score (nSPS) is 16.6. The lowest BCUT2D eigenvalue weighted by atomic mass is 9.85. The Bertz CT molecular complexity index is 1130. The van der Waals surface area contributed by atoms with Crippen LogP contribution in [0.2, 0.25) is 0 Å². The number of para-hydroxylation sites is 1. The number of nitrogens with one attached hydrogen (secondary N) is 1. The van der Waals surface area contributed by atoms with Crippen molar-refractivity contribution in [2.75, 3.05) is 65.7 Å². The Morgan fingerprint density at radius 3 is 2.34 bits per heavy atom. The third kappa shape index (κ3) is 5.70. The van der Waals surface area contributed by atoms with E-state index in [9.17, 15) is 14.4 Å². The number of carbonyl (C=O) groups excluding carboxylic acids is 3. The van der Waals surface area contributed by atoms with Gasteiger partial charge < -0.3 is 34.2 Å². The van der Waals surface area contributed by atoms with Crippen LogP contribution in [0, 0.1) is 0 Å². The Morgan fingerprint density at radius 2 is 1.68 bits per heavy atom. The molecular weight excluding hydrogens is 488 g/mol. The highest BCUT2D eigenvalue weighted by atomic mass is 16.5. The summed E-state index contributed by atoms with van der Waals surface area (Å²) >= 11 is 0. The number of anilines is 1. The molecule has 2 fully saturated rings. The van der Waals surface area contributed by atoms with E-state index in [-0.39, 0.29) is 30.9 Å². The van der Waals surface area contributed by atoms with Crippen molar-refractivity contribution in [3.63, 3.8) is 0 Å². The molecule has 0 unspecified atom stereocenters. The van der Waals surface area contributed by atoms with Crippen molar-refractivity contribution >= 4 is 23.4 Å². The van der Waals surface area contributed by atoms with Crippen LogP contribution in [0.1, 0.15) is 18.4 Å². The lowest BCUT2D eigenvalue weighted by Gasteiger charge is -2.43. The van der Waals surface area contributed by atoms with E-state index in [1.54, 1.807) is 24.0 Å². The zero-order chi connectivity index (χ0) is 27.1. The van der Waals surface area contributed by atoms with Crippen LogP contribution in [0.4, 0.5) is 5.69 Å². The number of benzene rings is 2. The molecule has 2 aromatic carbocycles. The van der Waals surface area contributed by atoms with E-state index in [0.29, 0.717) is 57.1 Å². The lowest BCUT2D eigenvalue weighted by Crippen LogP contribution is -2.57. The summed E-state index contributed by atoms with van der Waals surface area (Å²) in [5.74, 6) is 0.926. The van der Waals surface area contributed by atoms with Crippen LogP contribution in [0.25, 0.3) is 0 Å². The average Bonchev–Trinajstić information content (AvgIpc) is 3.20. The summed E-state index contributed by atoms with van der Waals surface area (Å²) in [6.07, 6.45) is 1.60. The molecule has 4 rings (SSSR count). The first kappa shape index (κ1) is 27.3. The SMILES string of the molecule is COCC(=O)N1CCC2(CC1)C(=O)N(CC(=O)NCCc1ccc(OC)c(OC)c1)CN2c1ccccc1. The van der Waals surface area contributed by atoms with Gasteiger partial charge in [0.05, 0.1) is 20.9 Å². The molecule has 1 N–H and O–H groups in total. The van der Waals surface area contributed by atoms with Gasteiger partial charge in [-0.1, -0.05) is 24.3 Å². The van der Waals surface area contributed by atoms with E-state index in [0.717, 1.165) is 11.3 Å². The van der Waals surface area contributed by atoms with Crippen LogP contribution in [0.3, 0.4) is 0 Å². The molecule has 0 saturated carbocycles. The van der Waals surface area contributed by atoms with Gasteiger partial charge in [-0.05, 0) is 49.1 Å². The summed E-state index contributed by atoms with van der Waals surface area (Å²) in [4.78, 5) is 44.4. The van der Waals surface area contributed by atoms with E-state index in [2.05, 4.69) is 10.2 Å². The van der Waals surface area contributed by atoms with Gasteiger partial charge in [-0.3, -0.25) is 14.4 Å². The molecule has 0 aliphatic carbocycles. The summed E-state index contributed by atoms with van der Waals surface area (Å²) < 4.78 is 15.6. The van der Waals surface area contributed by atoms with Gasteiger partial charge in [0.15, 0.2) is 11.5 Å². The number of amides is 3. The van der Waals surface area contributed by atoms with E-state index in [4.69, 9.17) is 14.2 Å². The minimum atomic E-state index is -0.787. The Morgan fingerprint density at radius 1 is 0.974 bits per heavy atom. The fourth-order valence-corrected chi connectivity index (χ4v) is 5.27. The largest absolute Gasteiger partial charge is 0.493 e. The number of piperidine rings is 1. The molecule has 10 heteroatoms. The maximum absolute atomic E-state index is 13.8. The quantitative estimate of drug-likeness (QED) is 0.505. The highest BCUT2D eigenvalue weighted by molar-refractivity contribution is 5.96. The third-order valence-corrected chi connectivity index (χ3v) is 7.31. The highest BCUT2D eigenvalue weighted by Crippen LogP contribution is 2.39. The smallest absolute Gasteiger partial charge is 0.250 e. The number of hydrogen-bond donors (Lipinski definition) is 1. The summed E-state index contributed by atoms with van der Waals surface area (Å²) in [5, 5.41) is 2.94. The van der Waals surface area contributed by atoms with Crippen molar-refractivity contribution in [1.82, 2.24) is 15.1 Å². The third-order valence-electron chi connectivity index (χ3n) is 7.31. The summed E-state index contributed by atoms with van der Waals surface area (Å²) in [5.41, 5.74) is 1.14. The maximum atomic E-state index is 13.8. The Hall–Kier alpha value is -3.79. The lowest BCUT2D eigenvalue weighted by molar-refractivity contribution is -0.141. The van der Waals surface area contributed by atoms with E-state index in [1.165, 1.54) is 7.11 Å². The second-order valence-corrected chi connectivity index (χ2v) is 9.54. The topological polar surface area (TPSA) is 101 Å². The van der Waals surface area contributed by atoms with Crippen molar-refractivity contribution in [1.29, 1.82) is 0 Å². The monoisotopic (exact) mass is 524 g/mol. The van der Waals surface area contributed by atoms with Crippen molar-refractivity contribution in [2.45, 2.75) is 24.8 Å². The molecule has 10 nitrogen and oxygen atoms in total. The van der Waals surface area contributed by atoms with Gasteiger partial charge in [0, 0.05) is 32.4 Å². The van der Waals surface area contributed by atoms with Crippen LogP contribution in [0.5, 0.6) is 11.5 Å². The molecule has 0 atom stereocenters. The van der Waals surface area contributed by atoms with Crippen LogP contribution < -0.4 is 19.7 Å². The first-order valence-corrected chi connectivity index (χ1v) is 12.8. The molecule has 204 valence electrons. The molecule has 1 spiro atoms. The number of hydrogen-bond acceptors (Lipinski definition) is 7. The first-order chi connectivity index (χ1) is 18.4. The van der Waals surface area contributed by atoms with Gasteiger partial charge in [-0.2, -0.15) is 0 Å². The molecule has 0 bridgehead atoms. The van der Waals surface area contributed by atoms with Crippen LogP contribution in [-0.2, 0) is 25.5 Å². The number of likely N-dealkylation sites (tertiary alicyclic amines) is 1. The standard InChI is InChI=1S/C28H36N4O6/c1-36-19-26(34)30-15-12-28(13-16-30)27(35)31(20-32(28)22-7-5-4-6-8-22)18-25(33)29-14-11-21-9-10-23(37-2)24(17-21)38-3/h4-10,17H,11-16,18-20H2,1-3H3,(H,29,33). The molecule has 2 heterocycles. The molecule has 38 heavy (non-hydrogen) atoms. The summed E-state index contributed by atoms with van der Waals surface area (Å²) in [6.45, 7) is 1.67. The Balaban J connectivity index is 1.40. The highest BCUT2D eigenvalue weighted by Gasteiger charge is 2.54. The van der Waals surface area contributed by atoms with Gasteiger partial charge in [0.1, 0.15) is 18.7 Å². The number of nitrogens with zero attached hydrogens (tertiary/aromatic N) is 3. The fourth-order valence-electron chi connectivity index (χ4n) is 5.27. The summed E-state index contributed by atoms with van der Waals surface area (Å²) in [6, 6.07) is 15.4. The zero-order valence-electron chi connectivity index (χ0n) is 22.3. The molecule has 0 radical (unpaired) electrons. The minimum Gasteiger partial charge on any atom is -0.493 e. The van der Waals surface area contributed by atoms with Gasteiger partial charge in [-0.15, -0.1) is 0 Å². The Kier molecular flexibility index (Phi) is 8.73. The van der Waals surface area contributed by atoms with Gasteiger partial charge in [0.2, 0.25) is 11.8 Å². The zero-order valence-corrected chi connectivity index (χ0v) is 22.3. The predicted octanol–water partition coefficient (Wildman–Crippen LogP) is 1.68. The van der Waals surface area contributed by atoms with Gasteiger partial charge in [-0.25, -0.2) is 0 Å². The van der Waals surface area contributed by atoms with Gasteiger partial charge >= 0.3 is 0 Å². The number of methoxy groups -OCH3 is 3. The number of rotatable bonds is 10. The average molecular weight is 525 g/mol. The minimum absolute atomic E-state index is 0.0256. The van der Waals surface area contributed by atoms with E-state index < -0.39 is 5.54 Å². The van der Waals surface area contributed by atoms with Crippen LogP contribution in [0.15, 0.2) is 48.5 Å². The molecule has 2 aliphatic heterocycles. The van der Waals surface area contributed by atoms with Crippen molar-refractivity contribution in [3.05, 3.63) is 54.1 Å². The number of carbonyl (C=O) groups is 3. The fraction of sp³-hybridized carbons (Fsp3) is 0.464. The molecule has 2 aliphatic rings. The maximum Gasteiger partial charge on any atom is 0.250 e. The molecule has 2 aromatic rings. The van der Waals surface area contributed by atoms with E-state index >= 15 is 0 Å². The van der Waals surface area contributed by atoms with Crippen LogP contribution >= 0.6 is 0 Å². The van der Waals surface area contributed by atoms with Crippen molar-refractivity contribution < 1.29 is 28.6 Å². The molecular formula is C28H36N4O6. The van der Waals surface area contributed by atoms with Crippen molar-refractivity contribution in [3.8, 4) is 11.5 Å². The van der Waals surface area contributed by atoms with Crippen molar-refractivity contribution in [2.24, 2.45) is 0 Å². The molecule has 0 aromatic heterocycles. The molecule has 2 saturated heterocycles. The van der Waals surface area contributed by atoms with Crippen LogP contribution in [-0.4, -0.2) is 93.8 Å². The second-order valence-electron chi connectivity index (χ2n) is 9.54. The Labute approximate surface area is 223 Å². The predicted molar refractivity (Wildman–Crippen MR) is 142 cm³/mol. The molecule has 3 amide bonds. The summed E-state index contributed by atoms with van der Waals surface area (Å²) in [7, 11) is 4.67. The number of ether oxygens (including phenoxy) is 3. The second kappa shape index (κ2) is 12.2. The van der Waals surface area contributed by atoms with Gasteiger partial charge in [0.25, 0.3) is 5.91 Å². The van der Waals surface area contributed by atoms with E-state index in [1.807, 2.05) is 48.5 Å².